The van der Waals surface area contributed by atoms with E-state index >= 15 is 0 Å². The van der Waals surface area contributed by atoms with Crippen molar-refractivity contribution < 1.29 is 53.6 Å². The minimum atomic E-state index is -1.48. The maximum absolute atomic E-state index is 12.6. The van der Waals surface area contributed by atoms with E-state index < -0.39 is 98.3 Å². The molecule has 0 radical (unpaired) electrons. The molecular weight excluding hydrogens is 598 g/mol. The summed E-state index contributed by atoms with van der Waals surface area (Å²) in [5, 5.41) is 45.6. The summed E-state index contributed by atoms with van der Waals surface area (Å²) in [6, 6.07) is -2.86. The van der Waals surface area contributed by atoms with Crippen LogP contribution >= 0.6 is 0 Å². The van der Waals surface area contributed by atoms with Gasteiger partial charge in [0.05, 0.1) is 36.9 Å². The Morgan fingerprint density at radius 3 is 1.87 bits per heavy atom. The summed E-state index contributed by atoms with van der Waals surface area (Å²) in [6.45, 7) is 0.0370. The minimum Gasteiger partial charge on any atom is -0.394 e. The molecule has 0 spiro atoms. The monoisotopic (exact) mass is 651 g/mol. The molecule has 4 aliphatic rings. The highest BCUT2D eigenvalue weighted by molar-refractivity contribution is 5.80. The van der Waals surface area contributed by atoms with E-state index in [1.54, 1.807) is 0 Å². The van der Waals surface area contributed by atoms with Crippen molar-refractivity contribution in [3.8, 4) is 0 Å². The smallest absolute Gasteiger partial charge is 0.249 e. The fourth-order valence-corrected chi connectivity index (χ4v) is 6.24. The van der Waals surface area contributed by atoms with Crippen molar-refractivity contribution in [3.05, 3.63) is 0 Å². The zero-order valence-electron chi connectivity index (χ0n) is 25.4. The maximum atomic E-state index is 12.6. The quantitative estimate of drug-likeness (QED) is 0.0883. The second kappa shape index (κ2) is 16.8. The summed E-state index contributed by atoms with van der Waals surface area (Å²) >= 11 is 0. The van der Waals surface area contributed by atoms with Gasteiger partial charge in [0.25, 0.3) is 0 Å². The molecule has 0 unspecified atom stereocenters. The second-order valence-electron chi connectivity index (χ2n) is 12.3. The number of nitrogens with two attached hydrogens (primary N) is 6. The van der Waals surface area contributed by atoms with Crippen LogP contribution in [-0.4, -0.2) is 151 Å². The molecule has 17 N–H and O–H groups in total. The molecule has 16 atom stereocenters. The number of rotatable bonds is 13. The van der Waals surface area contributed by atoms with Crippen LogP contribution in [0.1, 0.15) is 38.5 Å². The van der Waals surface area contributed by atoms with Crippen LogP contribution in [-0.2, 0) is 33.2 Å². The Bertz CT molecular complexity index is 930. The molecule has 4 fully saturated rings. The normalized spacial score (nSPS) is 44.9. The number of hydrogen-bond acceptors (Lipinski definition) is 17. The van der Waals surface area contributed by atoms with Crippen LogP contribution in [0.15, 0.2) is 0 Å². The molecule has 18 nitrogen and oxygen atoms in total. The topological polar surface area (TPSA) is 322 Å². The van der Waals surface area contributed by atoms with Crippen LogP contribution in [0.5, 0.6) is 0 Å². The summed E-state index contributed by atoms with van der Waals surface area (Å²) in [4.78, 5) is 12.6. The molecular formula is C27H53N7O11. The molecule has 18 heteroatoms. The summed E-state index contributed by atoms with van der Waals surface area (Å²) in [5.41, 5.74) is 36.1. The molecule has 3 saturated heterocycles. The van der Waals surface area contributed by atoms with Crippen molar-refractivity contribution >= 4 is 5.91 Å². The van der Waals surface area contributed by atoms with E-state index in [1.807, 2.05) is 0 Å². The Labute approximate surface area is 262 Å². The zero-order valence-corrected chi connectivity index (χ0v) is 25.4. The number of ether oxygens (including phenoxy) is 6. The van der Waals surface area contributed by atoms with Gasteiger partial charge in [0.2, 0.25) is 5.91 Å². The lowest BCUT2D eigenvalue weighted by Crippen LogP contribution is -2.67. The van der Waals surface area contributed by atoms with Gasteiger partial charge in [-0.3, -0.25) is 4.79 Å². The van der Waals surface area contributed by atoms with E-state index in [-0.39, 0.29) is 44.7 Å². The van der Waals surface area contributed by atoms with Gasteiger partial charge in [0, 0.05) is 19.1 Å². The predicted molar refractivity (Wildman–Crippen MR) is 156 cm³/mol. The van der Waals surface area contributed by atoms with Crippen LogP contribution in [0.4, 0.5) is 0 Å². The fourth-order valence-electron chi connectivity index (χ4n) is 6.24. The fraction of sp³-hybridized carbons (Fsp3) is 0.963. The Kier molecular flexibility index (Phi) is 13.7. The first kappa shape index (κ1) is 36.7. The second-order valence-corrected chi connectivity index (χ2v) is 12.3. The molecule has 0 aromatic heterocycles. The van der Waals surface area contributed by atoms with E-state index in [0.29, 0.717) is 25.7 Å². The van der Waals surface area contributed by atoms with Gasteiger partial charge in [-0.15, -0.1) is 0 Å². The zero-order chi connectivity index (χ0) is 32.8. The van der Waals surface area contributed by atoms with Gasteiger partial charge >= 0.3 is 0 Å². The first-order valence-corrected chi connectivity index (χ1v) is 15.8. The van der Waals surface area contributed by atoms with Gasteiger partial charge in [-0.25, -0.2) is 0 Å². The number of amides is 1. The summed E-state index contributed by atoms with van der Waals surface area (Å²) in [5.74, 6) is -0.746. The number of carbonyl (C=O) groups is 1. The molecule has 262 valence electrons. The maximum Gasteiger partial charge on any atom is 0.249 e. The summed E-state index contributed by atoms with van der Waals surface area (Å²) in [7, 11) is 0. The third-order valence-corrected chi connectivity index (χ3v) is 8.96. The Morgan fingerprint density at radius 1 is 0.778 bits per heavy atom. The van der Waals surface area contributed by atoms with E-state index in [0.717, 1.165) is 0 Å². The molecule has 4 rings (SSSR count). The van der Waals surface area contributed by atoms with Crippen LogP contribution in [0.3, 0.4) is 0 Å². The standard InChI is InChI=1S/C27H53N7O11/c28-6-5-17(36)24(39)34-16-7-15(33)21(43-25-13(31)3-1-11(8-29)40-25)23(19(16)37)45-27-20(38)22(18(10-35)42-27)44-26-14(32)4-2-12(9-30)41-26/h11-23,25-27,35-38H,1-10,28-33H2,(H,34,39)/t11-,12+,13+,14+,15-,16+,17-,18+,19-,20+,21+,22+,23+,25+,26+,27-/m0/s1. The summed E-state index contributed by atoms with van der Waals surface area (Å²) < 4.78 is 36.0. The average Bonchev–Trinajstić information content (AvgIpc) is 3.32. The van der Waals surface area contributed by atoms with Gasteiger partial charge in [-0.05, 0) is 45.1 Å². The van der Waals surface area contributed by atoms with Crippen molar-refractivity contribution in [1.29, 1.82) is 0 Å². The lowest BCUT2D eigenvalue weighted by molar-refractivity contribution is -0.288. The number of carbonyl (C=O) groups excluding carboxylic acids is 1. The summed E-state index contributed by atoms with van der Waals surface area (Å²) in [6.07, 6.45) is -10.3. The van der Waals surface area contributed by atoms with Crippen LogP contribution < -0.4 is 39.7 Å². The van der Waals surface area contributed by atoms with E-state index in [2.05, 4.69) is 5.32 Å². The highest BCUT2D eigenvalue weighted by atomic mass is 16.8. The van der Waals surface area contributed by atoms with Crippen molar-refractivity contribution in [1.82, 2.24) is 5.32 Å². The number of nitrogens with one attached hydrogen (secondary N) is 1. The molecule has 3 aliphatic heterocycles. The minimum absolute atomic E-state index is 0.0119. The van der Waals surface area contributed by atoms with Crippen LogP contribution in [0.2, 0.25) is 0 Å². The molecule has 3 heterocycles. The van der Waals surface area contributed by atoms with E-state index in [1.165, 1.54) is 0 Å². The third kappa shape index (κ3) is 8.85. The number of aliphatic hydroxyl groups is 4. The van der Waals surface area contributed by atoms with Gasteiger partial charge in [-0.2, -0.15) is 0 Å². The van der Waals surface area contributed by atoms with Crippen LogP contribution in [0, 0.1) is 0 Å². The van der Waals surface area contributed by atoms with Crippen molar-refractivity contribution in [2.24, 2.45) is 34.4 Å². The number of hydrogen-bond donors (Lipinski definition) is 11. The van der Waals surface area contributed by atoms with Crippen LogP contribution in [0.25, 0.3) is 0 Å². The first-order valence-electron chi connectivity index (χ1n) is 15.8. The van der Waals surface area contributed by atoms with Crippen molar-refractivity contribution in [3.63, 3.8) is 0 Å². The molecule has 0 aromatic carbocycles. The van der Waals surface area contributed by atoms with Crippen molar-refractivity contribution in [2.75, 3.05) is 26.2 Å². The average molecular weight is 652 g/mol. The first-order chi connectivity index (χ1) is 21.5. The molecule has 0 bridgehead atoms. The van der Waals surface area contributed by atoms with Gasteiger partial charge in [0.15, 0.2) is 18.9 Å². The number of aliphatic hydroxyl groups excluding tert-OH is 4. The highest BCUT2D eigenvalue weighted by Crippen LogP contribution is 2.34. The third-order valence-electron chi connectivity index (χ3n) is 8.96. The van der Waals surface area contributed by atoms with E-state index in [9.17, 15) is 25.2 Å². The SMILES string of the molecule is NCC[C@H](O)C(=O)N[C@@H]1C[C@H](N)[C@@H](O[C@H]2O[C@H](CN)CC[C@H]2N)[C@H](O[C@@H]2O[C@H](CO)[C@@H](O[C@H]3O[C@@H](CN)CC[C@H]3N)[C@H]2O)[C@H]1O. The van der Waals surface area contributed by atoms with Crippen molar-refractivity contribution in [2.45, 2.75) is 136 Å². The largest absolute Gasteiger partial charge is 0.394 e. The van der Waals surface area contributed by atoms with Gasteiger partial charge < -0.3 is 88.6 Å². The highest BCUT2D eigenvalue weighted by Gasteiger charge is 2.53. The van der Waals surface area contributed by atoms with Gasteiger partial charge in [0.1, 0.15) is 42.7 Å². The van der Waals surface area contributed by atoms with E-state index in [4.69, 9.17) is 62.8 Å². The predicted octanol–water partition coefficient (Wildman–Crippen LogP) is -5.91. The molecule has 45 heavy (non-hydrogen) atoms. The lowest BCUT2D eigenvalue weighted by Gasteiger charge is -2.46. The molecule has 1 amide bonds. The Hall–Kier alpha value is -1.17. The van der Waals surface area contributed by atoms with Gasteiger partial charge in [-0.1, -0.05) is 0 Å². The lowest BCUT2D eigenvalue weighted by atomic mass is 9.83. The molecule has 1 saturated carbocycles. The Morgan fingerprint density at radius 2 is 1.33 bits per heavy atom. The molecule has 0 aromatic rings. The molecule has 1 aliphatic carbocycles. The Balaban J connectivity index is 1.53.